The SMILES string of the molecule is CCc1cccc(CN2CCC(CCc3noc4c(CN(C)C)c(-c5ccccc5)ccc34)CC2)c1. The number of benzene rings is 3. The minimum atomic E-state index is 0.764. The summed E-state index contributed by atoms with van der Waals surface area (Å²) in [7, 11) is 4.22. The van der Waals surface area contributed by atoms with Crippen LogP contribution < -0.4 is 0 Å². The number of aromatic nitrogens is 1. The van der Waals surface area contributed by atoms with E-state index in [2.05, 4.69) is 103 Å². The Morgan fingerprint density at radius 2 is 1.72 bits per heavy atom. The zero-order valence-electron chi connectivity index (χ0n) is 22.0. The summed E-state index contributed by atoms with van der Waals surface area (Å²) >= 11 is 0. The van der Waals surface area contributed by atoms with Gasteiger partial charge in [-0.05, 0) is 93.5 Å². The van der Waals surface area contributed by atoms with Gasteiger partial charge in [0.1, 0.15) is 0 Å². The molecule has 1 saturated heterocycles. The average molecular weight is 482 g/mol. The molecule has 0 spiro atoms. The molecule has 0 unspecified atom stereocenters. The summed E-state index contributed by atoms with van der Waals surface area (Å²) in [6, 6.07) is 24.1. The van der Waals surface area contributed by atoms with Gasteiger partial charge in [-0.1, -0.05) is 72.7 Å². The highest BCUT2D eigenvalue weighted by Gasteiger charge is 2.22. The largest absolute Gasteiger partial charge is 0.356 e. The molecule has 0 radical (unpaired) electrons. The van der Waals surface area contributed by atoms with Gasteiger partial charge in [-0.3, -0.25) is 4.90 Å². The lowest BCUT2D eigenvalue weighted by Gasteiger charge is -2.32. The van der Waals surface area contributed by atoms with Crippen molar-refractivity contribution in [3.05, 3.63) is 89.1 Å². The van der Waals surface area contributed by atoms with Crippen LogP contribution >= 0.6 is 0 Å². The molecule has 0 aliphatic carbocycles. The van der Waals surface area contributed by atoms with Crippen LogP contribution in [0.1, 0.15) is 48.6 Å². The molecule has 5 rings (SSSR count). The Kier molecular flexibility index (Phi) is 7.84. The molecule has 0 N–H and O–H groups in total. The Morgan fingerprint density at radius 1 is 0.944 bits per heavy atom. The normalized spacial score (nSPS) is 15.2. The maximum Gasteiger partial charge on any atom is 0.172 e. The number of fused-ring (bicyclic) bond motifs is 1. The van der Waals surface area contributed by atoms with E-state index in [9.17, 15) is 0 Å². The average Bonchev–Trinajstić information content (AvgIpc) is 3.32. The third-order valence-corrected chi connectivity index (χ3v) is 7.68. The van der Waals surface area contributed by atoms with Gasteiger partial charge in [0, 0.05) is 24.0 Å². The standard InChI is InChI=1S/C32H39N3O/c1-4-24-9-8-10-26(21-24)22-35-19-17-25(18-20-35)13-16-31-29-15-14-28(27-11-6-5-7-12-27)30(23-34(2)3)32(29)36-33-31/h5-12,14-15,21,25H,4,13,16-20,22-23H2,1-3H3. The van der Waals surface area contributed by atoms with E-state index in [4.69, 9.17) is 4.52 Å². The van der Waals surface area contributed by atoms with Crippen LogP contribution in [0.3, 0.4) is 0 Å². The van der Waals surface area contributed by atoms with E-state index >= 15 is 0 Å². The van der Waals surface area contributed by atoms with Crippen LogP contribution in [-0.2, 0) is 25.9 Å². The molecule has 4 heteroatoms. The molecule has 3 aromatic carbocycles. The van der Waals surface area contributed by atoms with Crippen LogP contribution in [0.25, 0.3) is 22.1 Å². The number of hydrogen-bond acceptors (Lipinski definition) is 4. The third kappa shape index (κ3) is 5.71. The summed E-state index contributed by atoms with van der Waals surface area (Å²) < 4.78 is 6.00. The minimum absolute atomic E-state index is 0.764. The number of rotatable bonds is 9. The molecule has 1 fully saturated rings. The van der Waals surface area contributed by atoms with Crippen molar-refractivity contribution >= 4 is 11.0 Å². The Bertz CT molecular complexity index is 1270. The molecule has 4 nitrogen and oxygen atoms in total. The second-order valence-electron chi connectivity index (χ2n) is 10.6. The Hall–Kier alpha value is -2.95. The first-order valence-corrected chi connectivity index (χ1v) is 13.5. The molecule has 2 heterocycles. The molecule has 188 valence electrons. The fraction of sp³-hybridized carbons (Fsp3) is 0.406. The van der Waals surface area contributed by atoms with Crippen molar-refractivity contribution in [3.63, 3.8) is 0 Å². The molecular formula is C32H39N3O. The van der Waals surface area contributed by atoms with Crippen molar-refractivity contribution in [3.8, 4) is 11.1 Å². The fourth-order valence-electron chi connectivity index (χ4n) is 5.63. The lowest BCUT2D eigenvalue weighted by Crippen LogP contribution is -2.33. The zero-order valence-corrected chi connectivity index (χ0v) is 22.0. The van der Waals surface area contributed by atoms with Crippen molar-refractivity contribution in [2.75, 3.05) is 27.2 Å². The molecule has 1 aliphatic heterocycles. The summed E-state index contributed by atoms with van der Waals surface area (Å²) in [6.45, 7) is 6.51. The predicted molar refractivity (Wildman–Crippen MR) is 149 cm³/mol. The van der Waals surface area contributed by atoms with Gasteiger partial charge in [-0.25, -0.2) is 0 Å². The van der Waals surface area contributed by atoms with E-state index in [1.165, 1.54) is 65.6 Å². The maximum atomic E-state index is 6.00. The van der Waals surface area contributed by atoms with Crippen molar-refractivity contribution in [2.24, 2.45) is 5.92 Å². The van der Waals surface area contributed by atoms with E-state index in [1.807, 2.05) is 0 Å². The van der Waals surface area contributed by atoms with Crippen LogP contribution in [0, 0.1) is 5.92 Å². The topological polar surface area (TPSA) is 32.5 Å². The van der Waals surface area contributed by atoms with Gasteiger partial charge in [0.2, 0.25) is 0 Å². The molecule has 0 saturated carbocycles. The van der Waals surface area contributed by atoms with E-state index in [0.29, 0.717) is 0 Å². The van der Waals surface area contributed by atoms with E-state index in [0.717, 1.165) is 43.1 Å². The van der Waals surface area contributed by atoms with Gasteiger partial charge in [0.15, 0.2) is 5.58 Å². The molecular weight excluding hydrogens is 442 g/mol. The first-order chi connectivity index (χ1) is 17.6. The Morgan fingerprint density at radius 3 is 2.47 bits per heavy atom. The summed E-state index contributed by atoms with van der Waals surface area (Å²) in [5.41, 5.74) is 8.63. The Labute approximate surface area is 215 Å². The summed E-state index contributed by atoms with van der Waals surface area (Å²) in [6.07, 6.45) is 5.82. The van der Waals surface area contributed by atoms with Gasteiger partial charge < -0.3 is 9.42 Å². The second kappa shape index (κ2) is 11.4. The lowest BCUT2D eigenvalue weighted by atomic mass is 9.90. The lowest BCUT2D eigenvalue weighted by molar-refractivity contribution is 0.172. The van der Waals surface area contributed by atoms with Gasteiger partial charge in [0.05, 0.1) is 5.69 Å². The minimum Gasteiger partial charge on any atom is -0.356 e. The van der Waals surface area contributed by atoms with E-state index in [1.54, 1.807) is 0 Å². The molecule has 4 aromatic rings. The van der Waals surface area contributed by atoms with Crippen LogP contribution in [0.2, 0.25) is 0 Å². The number of hydrogen-bond donors (Lipinski definition) is 0. The maximum absolute atomic E-state index is 6.00. The monoisotopic (exact) mass is 481 g/mol. The predicted octanol–water partition coefficient (Wildman–Crippen LogP) is 6.96. The molecule has 0 bridgehead atoms. The van der Waals surface area contributed by atoms with Gasteiger partial charge >= 0.3 is 0 Å². The summed E-state index contributed by atoms with van der Waals surface area (Å²) in [5, 5.41) is 5.75. The molecule has 36 heavy (non-hydrogen) atoms. The van der Waals surface area contributed by atoms with Crippen LogP contribution in [0.4, 0.5) is 0 Å². The van der Waals surface area contributed by atoms with Crippen molar-refractivity contribution < 1.29 is 4.52 Å². The number of likely N-dealkylation sites (tertiary alicyclic amines) is 1. The summed E-state index contributed by atoms with van der Waals surface area (Å²) in [5.74, 6) is 0.764. The highest BCUT2D eigenvalue weighted by molar-refractivity contribution is 5.89. The molecule has 1 aromatic heterocycles. The van der Waals surface area contributed by atoms with Gasteiger partial charge in [0.25, 0.3) is 0 Å². The van der Waals surface area contributed by atoms with Crippen molar-refractivity contribution in [1.82, 2.24) is 15.0 Å². The van der Waals surface area contributed by atoms with E-state index in [-0.39, 0.29) is 0 Å². The molecule has 0 atom stereocenters. The molecule has 0 amide bonds. The highest BCUT2D eigenvalue weighted by Crippen LogP contribution is 2.34. The second-order valence-corrected chi connectivity index (χ2v) is 10.6. The van der Waals surface area contributed by atoms with Gasteiger partial charge in [-0.2, -0.15) is 0 Å². The van der Waals surface area contributed by atoms with Crippen molar-refractivity contribution in [2.45, 2.75) is 52.1 Å². The fourth-order valence-corrected chi connectivity index (χ4v) is 5.63. The quantitative estimate of drug-likeness (QED) is 0.259. The van der Waals surface area contributed by atoms with Crippen LogP contribution in [-0.4, -0.2) is 42.1 Å². The number of aryl methyl sites for hydroxylation is 2. The van der Waals surface area contributed by atoms with Crippen LogP contribution in [0.15, 0.2) is 71.3 Å². The number of piperidine rings is 1. The van der Waals surface area contributed by atoms with E-state index < -0.39 is 0 Å². The van der Waals surface area contributed by atoms with Crippen LogP contribution in [0.5, 0.6) is 0 Å². The first-order valence-electron chi connectivity index (χ1n) is 13.5. The third-order valence-electron chi connectivity index (χ3n) is 7.68. The highest BCUT2D eigenvalue weighted by atomic mass is 16.5. The molecule has 1 aliphatic rings. The smallest absolute Gasteiger partial charge is 0.172 e. The van der Waals surface area contributed by atoms with Gasteiger partial charge in [-0.15, -0.1) is 0 Å². The zero-order chi connectivity index (χ0) is 24.9. The first kappa shape index (κ1) is 24.7. The van der Waals surface area contributed by atoms with Crippen molar-refractivity contribution in [1.29, 1.82) is 0 Å². The number of nitrogens with zero attached hydrogens (tertiary/aromatic N) is 3. The Balaban J connectivity index is 1.23. The summed E-state index contributed by atoms with van der Waals surface area (Å²) in [4.78, 5) is 4.82.